The van der Waals surface area contributed by atoms with Crippen LogP contribution in [0, 0.1) is 17.4 Å². The molecule has 0 spiro atoms. The molecule has 0 aliphatic carbocycles. The van der Waals surface area contributed by atoms with E-state index >= 15 is 0 Å². The van der Waals surface area contributed by atoms with Crippen molar-refractivity contribution in [1.29, 1.82) is 0 Å². The molecule has 1 N–H and O–H groups in total. The van der Waals surface area contributed by atoms with E-state index in [9.17, 15) is 4.79 Å². The van der Waals surface area contributed by atoms with Gasteiger partial charge in [-0.15, -0.1) is 0 Å². The van der Waals surface area contributed by atoms with Crippen LogP contribution in [-0.4, -0.2) is 34.1 Å². The molecule has 0 atom stereocenters. The zero-order valence-corrected chi connectivity index (χ0v) is 16.3. The van der Waals surface area contributed by atoms with Crippen molar-refractivity contribution in [2.24, 2.45) is 0 Å². The SMILES string of the molecule is CCC(=O)N1CCCCN1C(=S)Nc1cc(C)c(I)cc1C. The second-order valence-electron chi connectivity index (χ2n) is 5.55. The molecule has 0 aromatic heterocycles. The summed E-state index contributed by atoms with van der Waals surface area (Å²) in [6, 6.07) is 4.26. The number of halogens is 1. The summed E-state index contributed by atoms with van der Waals surface area (Å²) in [6.07, 6.45) is 2.59. The summed E-state index contributed by atoms with van der Waals surface area (Å²) >= 11 is 7.89. The summed E-state index contributed by atoms with van der Waals surface area (Å²) in [5, 5.41) is 7.62. The van der Waals surface area contributed by atoms with Crippen LogP contribution in [0.25, 0.3) is 0 Å². The minimum atomic E-state index is 0.124. The Labute approximate surface area is 151 Å². The minimum absolute atomic E-state index is 0.124. The highest BCUT2D eigenvalue weighted by Gasteiger charge is 2.25. The maximum atomic E-state index is 12.1. The van der Waals surface area contributed by atoms with Crippen molar-refractivity contribution in [2.75, 3.05) is 18.4 Å². The van der Waals surface area contributed by atoms with Crippen molar-refractivity contribution in [3.05, 3.63) is 26.8 Å². The second kappa shape index (κ2) is 7.59. The fourth-order valence-corrected chi connectivity index (χ4v) is 3.44. The maximum absolute atomic E-state index is 12.1. The van der Waals surface area contributed by atoms with E-state index in [4.69, 9.17) is 12.2 Å². The van der Waals surface area contributed by atoms with E-state index in [-0.39, 0.29) is 5.91 Å². The van der Waals surface area contributed by atoms with Crippen molar-refractivity contribution < 1.29 is 4.79 Å². The van der Waals surface area contributed by atoms with Gasteiger partial charge < -0.3 is 5.32 Å². The van der Waals surface area contributed by atoms with Crippen LogP contribution in [0.2, 0.25) is 0 Å². The first-order valence-electron chi connectivity index (χ1n) is 7.59. The van der Waals surface area contributed by atoms with Gasteiger partial charge in [0.1, 0.15) is 0 Å². The number of aryl methyl sites for hydroxylation is 2. The molecule has 4 nitrogen and oxygen atoms in total. The number of nitrogens with zero attached hydrogens (tertiary/aromatic N) is 2. The van der Waals surface area contributed by atoms with Crippen LogP contribution in [0.5, 0.6) is 0 Å². The maximum Gasteiger partial charge on any atom is 0.240 e. The molecule has 1 aliphatic heterocycles. The highest BCUT2D eigenvalue weighted by Crippen LogP contribution is 2.23. The molecule has 0 unspecified atom stereocenters. The zero-order valence-electron chi connectivity index (χ0n) is 13.3. The van der Waals surface area contributed by atoms with Crippen LogP contribution in [0.3, 0.4) is 0 Å². The van der Waals surface area contributed by atoms with Crippen LogP contribution in [0.15, 0.2) is 12.1 Å². The second-order valence-corrected chi connectivity index (χ2v) is 7.10. The Bertz CT molecular complexity index is 591. The van der Waals surface area contributed by atoms with E-state index in [1.54, 1.807) is 5.01 Å². The number of carbonyl (C=O) groups excluding carboxylic acids is 1. The van der Waals surface area contributed by atoms with E-state index in [1.165, 1.54) is 9.13 Å². The van der Waals surface area contributed by atoms with Gasteiger partial charge in [-0.25, -0.2) is 0 Å². The van der Waals surface area contributed by atoms with E-state index in [1.807, 2.05) is 11.9 Å². The average molecular weight is 431 g/mol. The molecule has 0 radical (unpaired) electrons. The number of amides is 1. The van der Waals surface area contributed by atoms with E-state index in [2.05, 4.69) is 53.9 Å². The quantitative estimate of drug-likeness (QED) is 0.570. The number of hydrogen-bond donors (Lipinski definition) is 1. The molecule has 6 heteroatoms. The molecular weight excluding hydrogens is 409 g/mol. The Morgan fingerprint density at radius 1 is 1.23 bits per heavy atom. The number of rotatable bonds is 2. The van der Waals surface area contributed by atoms with Crippen LogP contribution in [0.4, 0.5) is 5.69 Å². The summed E-state index contributed by atoms with van der Waals surface area (Å²) < 4.78 is 1.24. The Kier molecular flexibility index (Phi) is 6.02. The van der Waals surface area contributed by atoms with Gasteiger partial charge in [0, 0.05) is 28.8 Å². The molecule has 1 saturated heterocycles. The number of hydrazine groups is 1. The van der Waals surface area contributed by atoms with Gasteiger partial charge in [-0.05, 0) is 84.8 Å². The summed E-state index contributed by atoms with van der Waals surface area (Å²) in [6.45, 7) is 7.58. The third-order valence-corrected chi connectivity index (χ3v) is 5.33. The van der Waals surface area contributed by atoms with E-state index in [0.717, 1.165) is 37.2 Å². The molecule has 120 valence electrons. The van der Waals surface area contributed by atoms with Crippen LogP contribution < -0.4 is 5.32 Å². The Hall–Kier alpha value is -0.890. The van der Waals surface area contributed by atoms with Crippen LogP contribution in [-0.2, 0) is 4.79 Å². The Morgan fingerprint density at radius 3 is 2.50 bits per heavy atom. The van der Waals surface area contributed by atoms with E-state index < -0.39 is 0 Å². The average Bonchev–Trinajstić information content (AvgIpc) is 2.51. The molecule has 1 heterocycles. The molecule has 1 aromatic carbocycles. The predicted octanol–water partition coefficient (Wildman–Crippen LogP) is 3.85. The lowest BCUT2D eigenvalue weighted by Crippen LogP contribution is -2.54. The lowest BCUT2D eigenvalue weighted by Gasteiger charge is -2.40. The molecule has 0 saturated carbocycles. The monoisotopic (exact) mass is 431 g/mol. The molecule has 2 rings (SSSR count). The van der Waals surface area contributed by atoms with Crippen molar-refractivity contribution in [1.82, 2.24) is 10.0 Å². The van der Waals surface area contributed by atoms with Gasteiger partial charge in [-0.2, -0.15) is 0 Å². The predicted molar refractivity (Wildman–Crippen MR) is 103 cm³/mol. The van der Waals surface area contributed by atoms with Gasteiger partial charge in [0.15, 0.2) is 5.11 Å². The van der Waals surface area contributed by atoms with Crippen LogP contribution in [0.1, 0.15) is 37.3 Å². The highest BCUT2D eigenvalue weighted by atomic mass is 127. The van der Waals surface area contributed by atoms with Gasteiger partial charge in [0.25, 0.3) is 0 Å². The van der Waals surface area contributed by atoms with Gasteiger partial charge >= 0.3 is 0 Å². The summed E-state index contributed by atoms with van der Waals surface area (Å²) in [7, 11) is 0. The number of nitrogens with one attached hydrogen (secondary N) is 1. The normalized spacial score (nSPS) is 14.9. The van der Waals surface area contributed by atoms with Crippen molar-refractivity contribution in [3.8, 4) is 0 Å². The van der Waals surface area contributed by atoms with Crippen molar-refractivity contribution in [2.45, 2.75) is 40.0 Å². The fraction of sp³-hybridized carbons (Fsp3) is 0.500. The molecular formula is C16H22IN3OS. The lowest BCUT2D eigenvalue weighted by molar-refractivity contribution is -0.144. The summed E-state index contributed by atoms with van der Waals surface area (Å²) in [5.41, 5.74) is 3.39. The van der Waals surface area contributed by atoms with Crippen molar-refractivity contribution >= 4 is 51.5 Å². The summed E-state index contributed by atoms with van der Waals surface area (Å²) in [4.78, 5) is 12.1. The minimum Gasteiger partial charge on any atom is -0.331 e. The molecule has 1 aliphatic rings. The largest absolute Gasteiger partial charge is 0.331 e. The molecule has 1 amide bonds. The molecule has 22 heavy (non-hydrogen) atoms. The third-order valence-electron chi connectivity index (χ3n) is 3.85. The van der Waals surface area contributed by atoms with Gasteiger partial charge in [-0.1, -0.05) is 6.92 Å². The number of thiocarbonyl (C=S) groups is 1. The Morgan fingerprint density at radius 2 is 1.86 bits per heavy atom. The van der Waals surface area contributed by atoms with E-state index in [0.29, 0.717) is 11.5 Å². The van der Waals surface area contributed by atoms with Gasteiger partial charge in [0.05, 0.1) is 0 Å². The summed E-state index contributed by atoms with van der Waals surface area (Å²) in [5.74, 6) is 0.124. The molecule has 1 aromatic rings. The Balaban J connectivity index is 2.16. The zero-order chi connectivity index (χ0) is 16.3. The smallest absolute Gasteiger partial charge is 0.240 e. The molecule has 1 fully saturated rings. The first-order valence-corrected chi connectivity index (χ1v) is 9.08. The van der Waals surface area contributed by atoms with Crippen LogP contribution >= 0.6 is 34.8 Å². The topological polar surface area (TPSA) is 35.6 Å². The third kappa shape index (κ3) is 3.90. The fourth-order valence-electron chi connectivity index (χ4n) is 2.51. The highest BCUT2D eigenvalue weighted by molar-refractivity contribution is 14.1. The first-order chi connectivity index (χ1) is 10.4. The van der Waals surface area contributed by atoms with Gasteiger partial charge in [0.2, 0.25) is 5.91 Å². The van der Waals surface area contributed by atoms with Crippen molar-refractivity contribution in [3.63, 3.8) is 0 Å². The lowest BCUT2D eigenvalue weighted by atomic mass is 10.1. The van der Waals surface area contributed by atoms with Gasteiger partial charge in [-0.3, -0.25) is 14.8 Å². The first kappa shape index (κ1) is 17.5. The molecule has 0 bridgehead atoms. The number of hydrogen-bond acceptors (Lipinski definition) is 2. The standard InChI is InChI=1S/C16H22IN3OS/c1-4-15(21)19-7-5-6-8-20(19)16(22)18-14-10-11(2)13(17)9-12(14)3/h9-10H,4-8H2,1-3H3,(H,18,22). The number of carbonyl (C=O) groups is 1. The number of anilines is 1. The number of benzene rings is 1.